The molecule has 3 unspecified atom stereocenters. The molecule has 1 aliphatic heterocycles. The van der Waals surface area contributed by atoms with E-state index in [1.165, 1.54) is 4.90 Å². The number of para-hydroxylation sites is 2. The quantitative estimate of drug-likeness (QED) is 0.833. The lowest BCUT2D eigenvalue weighted by atomic mass is 9.81. The fourth-order valence-electron chi connectivity index (χ4n) is 3.78. The summed E-state index contributed by atoms with van der Waals surface area (Å²) in [5.41, 5.74) is 0.540. The van der Waals surface area contributed by atoms with Crippen molar-refractivity contribution in [3.05, 3.63) is 24.3 Å². The van der Waals surface area contributed by atoms with Gasteiger partial charge in [-0.2, -0.15) is 0 Å². The zero-order valence-corrected chi connectivity index (χ0v) is 14.7. The SMILES string of the molecule is CCOc1ccccc1NC(=O)C(C)N1C(=O)C2CCCCC2C1=O. The van der Waals surface area contributed by atoms with Gasteiger partial charge in [0.2, 0.25) is 17.7 Å². The minimum atomic E-state index is -0.833. The van der Waals surface area contributed by atoms with E-state index < -0.39 is 6.04 Å². The summed E-state index contributed by atoms with van der Waals surface area (Å²) in [6.07, 6.45) is 3.42. The third-order valence-electron chi connectivity index (χ3n) is 5.09. The second-order valence-electron chi connectivity index (χ2n) is 6.64. The highest BCUT2D eigenvalue weighted by Crippen LogP contribution is 2.39. The van der Waals surface area contributed by atoms with Crippen molar-refractivity contribution in [2.75, 3.05) is 11.9 Å². The summed E-state index contributed by atoms with van der Waals surface area (Å²) < 4.78 is 5.50. The number of hydrogen-bond donors (Lipinski definition) is 1. The number of carbonyl (C=O) groups is 3. The molecule has 1 heterocycles. The minimum absolute atomic E-state index is 0.199. The van der Waals surface area contributed by atoms with Gasteiger partial charge in [-0.1, -0.05) is 25.0 Å². The van der Waals surface area contributed by atoms with Crippen molar-refractivity contribution in [3.8, 4) is 5.75 Å². The summed E-state index contributed by atoms with van der Waals surface area (Å²) in [6.45, 7) is 3.95. The Labute approximate surface area is 147 Å². The van der Waals surface area contributed by atoms with Gasteiger partial charge in [0.25, 0.3) is 0 Å². The van der Waals surface area contributed by atoms with Gasteiger partial charge in [0.05, 0.1) is 24.1 Å². The first-order valence-electron chi connectivity index (χ1n) is 8.94. The molecule has 0 radical (unpaired) electrons. The Morgan fingerprint density at radius 1 is 1.20 bits per heavy atom. The van der Waals surface area contributed by atoms with Gasteiger partial charge in [-0.3, -0.25) is 19.3 Å². The molecule has 1 saturated carbocycles. The van der Waals surface area contributed by atoms with E-state index in [1.54, 1.807) is 25.1 Å². The standard InChI is InChI=1S/C19H24N2O4/c1-3-25-16-11-7-6-10-15(16)20-17(22)12(2)21-18(23)13-8-4-5-9-14(13)19(21)24/h6-7,10-14H,3-5,8-9H2,1-2H3,(H,20,22). The third kappa shape index (κ3) is 3.25. The zero-order chi connectivity index (χ0) is 18.0. The van der Waals surface area contributed by atoms with Crippen LogP contribution < -0.4 is 10.1 Å². The summed E-state index contributed by atoms with van der Waals surface area (Å²) in [7, 11) is 0. The highest BCUT2D eigenvalue weighted by molar-refractivity contribution is 6.10. The largest absolute Gasteiger partial charge is 0.492 e. The summed E-state index contributed by atoms with van der Waals surface area (Å²) >= 11 is 0. The first kappa shape index (κ1) is 17.5. The molecule has 134 valence electrons. The van der Waals surface area contributed by atoms with Crippen molar-refractivity contribution in [3.63, 3.8) is 0 Å². The van der Waals surface area contributed by atoms with Gasteiger partial charge >= 0.3 is 0 Å². The first-order valence-corrected chi connectivity index (χ1v) is 8.94. The van der Waals surface area contributed by atoms with Gasteiger partial charge in [0, 0.05) is 0 Å². The van der Waals surface area contributed by atoms with E-state index in [0.29, 0.717) is 18.0 Å². The second kappa shape index (κ2) is 7.25. The van der Waals surface area contributed by atoms with Gasteiger partial charge in [0.1, 0.15) is 11.8 Å². The van der Waals surface area contributed by atoms with Crippen LogP contribution in [0.5, 0.6) is 5.75 Å². The second-order valence-corrected chi connectivity index (χ2v) is 6.64. The lowest BCUT2D eigenvalue weighted by Gasteiger charge is -2.23. The number of hydrogen-bond acceptors (Lipinski definition) is 4. The van der Waals surface area contributed by atoms with E-state index >= 15 is 0 Å². The number of fused-ring (bicyclic) bond motifs is 1. The molecule has 1 aromatic rings. The van der Waals surface area contributed by atoms with Gasteiger partial charge < -0.3 is 10.1 Å². The molecule has 3 atom stereocenters. The number of rotatable bonds is 5. The molecule has 6 heteroatoms. The maximum atomic E-state index is 12.6. The van der Waals surface area contributed by atoms with Crippen molar-refractivity contribution in [2.24, 2.45) is 11.8 Å². The molecule has 1 aromatic carbocycles. The number of ether oxygens (including phenoxy) is 1. The van der Waals surface area contributed by atoms with E-state index in [0.717, 1.165) is 25.7 Å². The van der Waals surface area contributed by atoms with E-state index in [2.05, 4.69) is 5.32 Å². The van der Waals surface area contributed by atoms with E-state index in [9.17, 15) is 14.4 Å². The van der Waals surface area contributed by atoms with E-state index in [-0.39, 0.29) is 29.6 Å². The molecule has 1 saturated heterocycles. The molecule has 25 heavy (non-hydrogen) atoms. The van der Waals surface area contributed by atoms with Crippen LogP contribution in [0.1, 0.15) is 39.5 Å². The number of likely N-dealkylation sites (tertiary alicyclic amines) is 1. The van der Waals surface area contributed by atoms with Crippen LogP contribution in [0.4, 0.5) is 5.69 Å². The summed E-state index contributed by atoms with van der Waals surface area (Å²) in [6, 6.07) is 6.29. The molecule has 0 bridgehead atoms. The highest BCUT2D eigenvalue weighted by Gasteiger charge is 2.50. The molecule has 2 aliphatic rings. The topological polar surface area (TPSA) is 75.7 Å². The number of nitrogens with one attached hydrogen (secondary N) is 1. The van der Waals surface area contributed by atoms with Crippen LogP contribution in [0, 0.1) is 11.8 Å². The Hall–Kier alpha value is -2.37. The number of benzene rings is 1. The molecule has 3 amide bonds. The smallest absolute Gasteiger partial charge is 0.247 e. The molecule has 1 aliphatic carbocycles. The first-order chi connectivity index (χ1) is 12.0. The van der Waals surface area contributed by atoms with Crippen molar-refractivity contribution in [1.82, 2.24) is 4.90 Å². The Bertz CT molecular complexity index is 664. The summed E-state index contributed by atoms with van der Waals surface area (Å²) in [5, 5.41) is 2.78. The maximum Gasteiger partial charge on any atom is 0.247 e. The van der Waals surface area contributed by atoms with Crippen molar-refractivity contribution < 1.29 is 19.1 Å². The van der Waals surface area contributed by atoms with Crippen molar-refractivity contribution in [2.45, 2.75) is 45.6 Å². The molecular weight excluding hydrogens is 320 g/mol. The Kier molecular flexibility index (Phi) is 5.06. The average Bonchev–Trinajstić information content (AvgIpc) is 2.87. The molecule has 2 fully saturated rings. The molecule has 0 aromatic heterocycles. The summed E-state index contributed by atoms with van der Waals surface area (Å²) in [5.74, 6) is -0.698. The van der Waals surface area contributed by atoms with Crippen molar-refractivity contribution in [1.29, 1.82) is 0 Å². The summed E-state index contributed by atoms with van der Waals surface area (Å²) in [4.78, 5) is 39.0. The van der Waals surface area contributed by atoms with E-state index in [1.807, 2.05) is 13.0 Å². The lowest BCUT2D eigenvalue weighted by molar-refractivity contribution is -0.146. The highest BCUT2D eigenvalue weighted by atomic mass is 16.5. The van der Waals surface area contributed by atoms with Gasteiger partial charge in [-0.15, -0.1) is 0 Å². The molecule has 0 spiro atoms. The Morgan fingerprint density at radius 2 is 1.80 bits per heavy atom. The van der Waals surface area contributed by atoms with Gasteiger partial charge in [-0.05, 0) is 38.8 Å². The molecule has 6 nitrogen and oxygen atoms in total. The number of nitrogens with zero attached hydrogens (tertiary/aromatic N) is 1. The average molecular weight is 344 g/mol. The van der Waals surface area contributed by atoms with Gasteiger partial charge in [0.15, 0.2) is 0 Å². The number of amides is 3. The molecule has 3 rings (SSSR count). The number of imide groups is 1. The van der Waals surface area contributed by atoms with Gasteiger partial charge in [-0.25, -0.2) is 0 Å². The van der Waals surface area contributed by atoms with E-state index in [4.69, 9.17) is 4.74 Å². The number of carbonyl (C=O) groups excluding carboxylic acids is 3. The van der Waals surface area contributed by atoms with Crippen LogP contribution in [0.25, 0.3) is 0 Å². The van der Waals surface area contributed by atoms with Crippen LogP contribution in [0.2, 0.25) is 0 Å². The van der Waals surface area contributed by atoms with Crippen molar-refractivity contribution >= 4 is 23.4 Å². The fourth-order valence-corrected chi connectivity index (χ4v) is 3.78. The Balaban J connectivity index is 1.74. The predicted molar refractivity (Wildman–Crippen MR) is 93.0 cm³/mol. The molecule has 1 N–H and O–H groups in total. The van der Waals surface area contributed by atoms with Crippen LogP contribution >= 0.6 is 0 Å². The predicted octanol–water partition coefficient (Wildman–Crippen LogP) is 2.59. The third-order valence-corrected chi connectivity index (χ3v) is 5.09. The lowest BCUT2D eigenvalue weighted by Crippen LogP contribution is -2.46. The van der Waals surface area contributed by atoms with Crippen LogP contribution in [0.3, 0.4) is 0 Å². The molecular formula is C19H24N2O4. The van der Waals surface area contributed by atoms with Crippen LogP contribution in [-0.2, 0) is 14.4 Å². The minimum Gasteiger partial charge on any atom is -0.492 e. The normalized spacial score (nSPS) is 24.0. The Morgan fingerprint density at radius 3 is 2.40 bits per heavy atom. The fraction of sp³-hybridized carbons (Fsp3) is 0.526. The monoisotopic (exact) mass is 344 g/mol. The van der Waals surface area contributed by atoms with Crippen LogP contribution in [-0.4, -0.2) is 35.3 Å². The maximum absolute atomic E-state index is 12.6. The van der Waals surface area contributed by atoms with Crippen LogP contribution in [0.15, 0.2) is 24.3 Å². The zero-order valence-electron chi connectivity index (χ0n) is 14.7. The number of anilines is 1.